The van der Waals surface area contributed by atoms with Crippen LogP contribution in [0.2, 0.25) is 0 Å². The number of pyridine rings is 1. The Bertz CT molecular complexity index is 1180. The first-order valence-corrected chi connectivity index (χ1v) is 11.1. The van der Waals surface area contributed by atoms with Gasteiger partial charge in [-0.25, -0.2) is 0 Å². The molecule has 11 heteroatoms. The van der Waals surface area contributed by atoms with Crippen LogP contribution in [-0.4, -0.2) is 40.4 Å². The Morgan fingerprint density at radius 1 is 0.886 bits per heavy atom. The largest absolute Gasteiger partial charge is 0.573 e. The molecule has 182 valence electrons. The highest BCUT2D eigenvalue weighted by Gasteiger charge is 2.31. The van der Waals surface area contributed by atoms with Crippen LogP contribution < -0.4 is 20.1 Å². The van der Waals surface area contributed by atoms with Gasteiger partial charge in [0.2, 0.25) is 0 Å². The lowest BCUT2D eigenvalue weighted by molar-refractivity contribution is -0.274. The molecule has 0 unspecified atom stereocenters. The summed E-state index contributed by atoms with van der Waals surface area (Å²) in [7, 11) is 0. The third-order valence-electron chi connectivity index (χ3n) is 5.04. The van der Waals surface area contributed by atoms with Crippen molar-refractivity contribution >= 4 is 34.6 Å². The topological polar surface area (TPSA) is 75.7 Å². The van der Waals surface area contributed by atoms with E-state index in [1.807, 2.05) is 0 Å². The molecule has 3 aromatic rings. The van der Waals surface area contributed by atoms with Gasteiger partial charge in [-0.3, -0.25) is 9.78 Å². The normalized spacial score (nSPS) is 13.3. The highest BCUT2D eigenvalue weighted by molar-refractivity contribution is 7.80. The van der Waals surface area contributed by atoms with Crippen LogP contribution in [-0.2, 0) is 0 Å². The zero-order chi connectivity index (χ0) is 24.8. The fraction of sp³-hybridized carbons (Fsp3) is 0.208. The van der Waals surface area contributed by atoms with Gasteiger partial charge in [-0.15, -0.1) is 13.2 Å². The summed E-state index contributed by atoms with van der Waals surface area (Å²) in [6, 6.07) is 15.5. The van der Waals surface area contributed by atoms with Crippen molar-refractivity contribution in [2.45, 2.75) is 19.2 Å². The number of halogens is 3. The van der Waals surface area contributed by atoms with Gasteiger partial charge >= 0.3 is 6.36 Å². The van der Waals surface area contributed by atoms with Crippen molar-refractivity contribution in [1.82, 2.24) is 9.88 Å². The van der Waals surface area contributed by atoms with E-state index < -0.39 is 6.36 Å². The number of anilines is 2. The van der Waals surface area contributed by atoms with Crippen molar-refractivity contribution < 1.29 is 27.4 Å². The number of alkyl halides is 3. The van der Waals surface area contributed by atoms with Crippen LogP contribution in [0.5, 0.6) is 17.2 Å². The first kappa shape index (κ1) is 24.3. The molecule has 1 aromatic heterocycles. The zero-order valence-corrected chi connectivity index (χ0v) is 19.2. The van der Waals surface area contributed by atoms with E-state index in [2.05, 4.69) is 20.4 Å². The smallest absolute Gasteiger partial charge is 0.457 e. The number of nitrogens with zero attached hydrogens (tertiary/aromatic N) is 2. The van der Waals surface area contributed by atoms with E-state index in [9.17, 15) is 18.0 Å². The number of benzene rings is 2. The molecule has 0 saturated carbocycles. The van der Waals surface area contributed by atoms with Gasteiger partial charge in [0, 0.05) is 36.7 Å². The van der Waals surface area contributed by atoms with Crippen molar-refractivity contribution in [3.8, 4) is 17.2 Å². The Kier molecular flexibility index (Phi) is 7.35. The van der Waals surface area contributed by atoms with Gasteiger partial charge in [0.25, 0.3) is 5.91 Å². The summed E-state index contributed by atoms with van der Waals surface area (Å²) < 4.78 is 46.5. The first-order chi connectivity index (χ1) is 16.7. The van der Waals surface area contributed by atoms with Crippen LogP contribution in [0.4, 0.5) is 24.5 Å². The van der Waals surface area contributed by atoms with Gasteiger partial charge in [0.1, 0.15) is 22.9 Å². The molecule has 1 aliphatic rings. The summed E-state index contributed by atoms with van der Waals surface area (Å²) in [5.41, 5.74) is 1.51. The number of likely N-dealkylation sites (tertiary alicyclic amines) is 1. The minimum Gasteiger partial charge on any atom is -0.457 e. The Balaban J connectivity index is 1.31. The van der Waals surface area contributed by atoms with E-state index >= 15 is 0 Å². The van der Waals surface area contributed by atoms with Crippen LogP contribution in [0.15, 0.2) is 66.9 Å². The fourth-order valence-corrected chi connectivity index (χ4v) is 3.69. The summed E-state index contributed by atoms with van der Waals surface area (Å²) in [4.78, 5) is 18.5. The zero-order valence-electron chi connectivity index (χ0n) is 18.3. The predicted molar refractivity (Wildman–Crippen MR) is 129 cm³/mol. The standard InChI is InChI=1S/C24H21F3N4O3S/c25-24(26,27)34-19-9-5-17(6-10-19)30-23(35)29-16-3-7-18(8-4-16)33-20-11-12-28-21(15-20)22(32)31-13-1-2-14-31/h3-12,15H,1-2,13-14H2,(H2,29,30,35). The summed E-state index contributed by atoms with van der Waals surface area (Å²) >= 11 is 5.25. The molecule has 0 aliphatic carbocycles. The summed E-state index contributed by atoms with van der Waals surface area (Å²) in [6.07, 6.45) is -1.19. The van der Waals surface area contributed by atoms with Crippen LogP contribution in [0, 0.1) is 0 Å². The summed E-state index contributed by atoms with van der Waals surface area (Å²) in [5.74, 6) is 0.633. The lowest BCUT2D eigenvalue weighted by Crippen LogP contribution is -2.28. The second-order valence-electron chi connectivity index (χ2n) is 7.65. The van der Waals surface area contributed by atoms with Gasteiger partial charge < -0.3 is 25.0 Å². The molecule has 1 amide bonds. The van der Waals surface area contributed by atoms with Gasteiger partial charge in [0.05, 0.1) is 0 Å². The van der Waals surface area contributed by atoms with Gasteiger partial charge in [-0.05, 0) is 79.7 Å². The van der Waals surface area contributed by atoms with Crippen LogP contribution in [0.1, 0.15) is 23.3 Å². The fourth-order valence-electron chi connectivity index (χ4n) is 3.45. The van der Waals surface area contributed by atoms with Crippen LogP contribution in [0.3, 0.4) is 0 Å². The molecule has 0 spiro atoms. The summed E-state index contributed by atoms with van der Waals surface area (Å²) in [6.45, 7) is 1.49. The number of thiocarbonyl (C=S) groups is 1. The van der Waals surface area contributed by atoms with Gasteiger partial charge in [-0.1, -0.05) is 0 Å². The molecule has 0 radical (unpaired) electrons. The third-order valence-corrected chi connectivity index (χ3v) is 5.24. The van der Waals surface area contributed by atoms with Crippen molar-refractivity contribution in [3.05, 3.63) is 72.6 Å². The molecule has 4 rings (SSSR count). The second kappa shape index (κ2) is 10.6. The van der Waals surface area contributed by atoms with E-state index in [0.717, 1.165) is 25.9 Å². The summed E-state index contributed by atoms with van der Waals surface area (Å²) in [5, 5.41) is 6.12. The SMILES string of the molecule is O=C(c1cc(Oc2ccc(NC(=S)Nc3ccc(OC(F)(F)F)cc3)cc2)ccn1)N1CCCC1. The number of carbonyl (C=O) groups excluding carboxylic acids is 1. The number of nitrogens with one attached hydrogen (secondary N) is 2. The van der Waals surface area contributed by atoms with Crippen molar-refractivity contribution in [3.63, 3.8) is 0 Å². The van der Waals surface area contributed by atoms with Crippen LogP contribution >= 0.6 is 12.2 Å². The van der Waals surface area contributed by atoms with Gasteiger partial charge in [-0.2, -0.15) is 0 Å². The molecule has 7 nitrogen and oxygen atoms in total. The van der Waals surface area contributed by atoms with Crippen molar-refractivity contribution in [2.24, 2.45) is 0 Å². The van der Waals surface area contributed by atoms with E-state index in [1.165, 1.54) is 24.3 Å². The average molecular weight is 503 g/mol. The average Bonchev–Trinajstić information content (AvgIpc) is 3.35. The maximum Gasteiger partial charge on any atom is 0.573 e. The molecule has 35 heavy (non-hydrogen) atoms. The molecule has 1 saturated heterocycles. The Morgan fingerprint density at radius 2 is 1.46 bits per heavy atom. The Hall–Kier alpha value is -3.86. The molecule has 1 aliphatic heterocycles. The molecule has 0 bridgehead atoms. The maximum atomic E-state index is 12.5. The number of aromatic nitrogens is 1. The molecule has 2 heterocycles. The van der Waals surface area contributed by atoms with E-state index in [4.69, 9.17) is 17.0 Å². The Morgan fingerprint density at radius 3 is 2.03 bits per heavy atom. The minimum absolute atomic E-state index is 0.101. The Labute approximate surface area is 204 Å². The quantitative estimate of drug-likeness (QED) is 0.412. The minimum atomic E-state index is -4.74. The highest BCUT2D eigenvalue weighted by atomic mass is 32.1. The number of amides is 1. The molecule has 2 N–H and O–H groups in total. The lowest BCUT2D eigenvalue weighted by atomic mass is 10.3. The number of ether oxygens (including phenoxy) is 2. The molecule has 0 atom stereocenters. The first-order valence-electron chi connectivity index (χ1n) is 10.7. The number of hydrogen-bond acceptors (Lipinski definition) is 5. The van der Waals surface area contributed by atoms with E-state index in [1.54, 1.807) is 47.5 Å². The second-order valence-corrected chi connectivity index (χ2v) is 8.06. The number of carbonyl (C=O) groups is 1. The number of hydrogen-bond donors (Lipinski definition) is 2. The van der Waals surface area contributed by atoms with Gasteiger partial charge in [0.15, 0.2) is 5.11 Å². The van der Waals surface area contributed by atoms with E-state index in [-0.39, 0.29) is 16.8 Å². The monoisotopic (exact) mass is 502 g/mol. The molecular weight excluding hydrogens is 481 g/mol. The van der Waals surface area contributed by atoms with Crippen LogP contribution in [0.25, 0.3) is 0 Å². The molecular formula is C24H21F3N4O3S. The van der Waals surface area contributed by atoms with Crippen molar-refractivity contribution in [2.75, 3.05) is 23.7 Å². The third kappa shape index (κ3) is 7.06. The maximum absolute atomic E-state index is 12.5. The lowest BCUT2D eigenvalue weighted by Gasteiger charge is -2.15. The van der Waals surface area contributed by atoms with Crippen molar-refractivity contribution in [1.29, 1.82) is 0 Å². The highest BCUT2D eigenvalue weighted by Crippen LogP contribution is 2.26. The molecule has 2 aromatic carbocycles. The predicted octanol–water partition coefficient (Wildman–Crippen LogP) is 5.82. The molecule has 1 fully saturated rings. The van der Waals surface area contributed by atoms with E-state index in [0.29, 0.717) is 28.6 Å². The number of rotatable bonds is 6.